The van der Waals surface area contributed by atoms with Crippen molar-refractivity contribution in [3.8, 4) is 11.1 Å². The third kappa shape index (κ3) is 3.07. The van der Waals surface area contributed by atoms with E-state index in [4.69, 9.17) is 35.4 Å². The Labute approximate surface area is 165 Å². The summed E-state index contributed by atoms with van der Waals surface area (Å²) >= 11 is 17.5. The first-order valence-corrected chi connectivity index (χ1v) is 9.00. The zero-order valence-electron chi connectivity index (χ0n) is 13.3. The Morgan fingerprint density at radius 1 is 0.808 bits per heavy atom. The molecule has 4 rings (SSSR count). The van der Waals surface area contributed by atoms with Gasteiger partial charge in [-0.1, -0.05) is 53.5 Å². The maximum atomic E-state index is 12.6. The summed E-state index contributed by atoms with van der Waals surface area (Å²) in [6, 6.07) is 18.3. The average Bonchev–Trinajstić information content (AvgIpc) is 2.91. The van der Waals surface area contributed by atoms with E-state index in [-0.39, 0.29) is 5.78 Å². The van der Waals surface area contributed by atoms with Crippen LogP contribution >= 0.6 is 35.4 Å². The number of halogens is 2. The Bertz CT molecular complexity index is 1070. The summed E-state index contributed by atoms with van der Waals surface area (Å²) in [5.74, 6) is 0.0241. The minimum atomic E-state index is 0.0241. The van der Waals surface area contributed by atoms with Crippen molar-refractivity contribution in [3.63, 3.8) is 0 Å². The highest BCUT2D eigenvalue weighted by Gasteiger charge is 2.26. The molecule has 0 spiro atoms. The number of rotatable bonds is 2. The van der Waals surface area contributed by atoms with Gasteiger partial charge in [0.2, 0.25) is 0 Å². The third-order valence-corrected chi connectivity index (χ3v) is 4.93. The number of anilines is 2. The van der Waals surface area contributed by atoms with E-state index >= 15 is 0 Å². The first-order chi connectivity index (χ1) is 12.5. The Balaban J connectivity index is 1.56. The quantitative estimate of drug-likeness (QED) is 0.405. The molecule has 6 heteroatoms. The fourth-order valence-corrected chi connectivity index (χ4v) is 3.55. The summed E-state index contributed by atoms with van der Waals surface area (Å²) in [7, 11) is 0. The molecular formula is C20H12Cl2N2OS. The number of fused-ring (bicyclic) bond motifs is 3. The fourth-order valence-electron chi connectivity index (χ4n) is 2.98. The van der Waals surface area contributed by atoms with Gasteiger partial charge in [0.15, 0.2) is 10.9 Å². The molecule has 0 unspecified atom stereocenters. The number of thiocarbonyl (C=S) groups is 1. The van der Waals surface area contributed by atoms with Crippen LogP contribution in [0.25, 0.3) is 11.1 Å². The van der Waals surface area contributed by atoms with Gasteiger partial charge in [0.25, 0.3) is 0 Å². The number of hydrogen-bond acceptors (Lipinski definition) is 2. The maximum Gasteiger partial charge on any atom is 0.194 e. The minimum absolute atomic E-state index is 0.0241. The summed E-state index contributed by atoms with van der Waals surface area (Å²) in [6.45, 7) is 0. The summed E-state index contributed by atoms with van der Waals surface area (Å²) in [6.07, 6.45) is 0. The summed E-state index contributed by atoms with van der Waals surface area (Å²) in [5.41, 5.74) is 4.63. The Morgan fingerprint density at radius 2 is 1.54 bits per heavy atom. The van der Waals surface area contributed by atoms with E-state index in [0.717, 1.165) is 22.4 Å². The number of nitrogens with one attached hydrogen (secondary N) is 2. The highest BCUT2D eigenvalue weighted by atomic mass is 35.5. The van der Waals surface area contributed by atoms with Crippen LogP contribution in [0.5, 0.6) is 0 Å². The largest absolute Gasteiger partial charge is 0.332 e. The lowest BCUT2D eigenvalue weighted by molar-refractivity contribution is 0.104. The molecule has 0 aliphatic heterocycles. The van der Waals surface area contributed by atoms with Gasteiger partial charge in [-0.25, -0.2) is 0 Å². The second kappa shape index (κ2) is 6.72. The van der Waals surface area contributed by atoms with Crippen LogP contribution in [0.3, 0.4) is 0 Å². The lowest BCUT2D eigenvalue weighted by Crippen LogP contribution is -2.19. The first kappa shape index (κ1) is 17.0. The van der Waals surface area contributed by atoms with Crippen molar-refractivity contribution < 1.29 is 4.79 Å². The van der Waals surface area contributed by atoms with Crippen molar-refractivity contribution in [3.05, 3.63) is 81.8 Å². The van der Waals surface area contributed by atoms with Crippen molar-refractivity contribution >= 4 is 57.7 Å². The van der Waals surface area contributed by atoms with E-state index in [1.807, 2.05) is 42.5 Å². The van der Waals surface area contributed by atoms with Gasteiger partial charge < -0.3 is 10.6 Å². The van der Waals surface area contributed by atoms with Crippen LogP contribution in [0.1, 0.15) is 15.9 Å². The number of benzene rings is 3. The number of carbonyl (C=O) groups excluding carboxylic acids is 1. The second-order valence-electron chi connectivity index (χ2n) is 5.84. The monoisotopic (exact) mass is 398 g/mol. The summed E-state index contributed by atoms with van der Waals surface area (Å²) in [5, 5.41) is 7.52. The molecule has 26 heavy (non-hydrogen) atoms. The lowest BCUT2D eigenvalue weighted by atomic mass is 10.1. The topological polar surface area (TPSA) is 41.1 Å². The van der Waals surface area contributed by atoms with E-state index < -0.39 is 0 Å². The van der Waals surface area contributed by atoms with E-state index in [1.165, 1.54) is 0 Å². The summed E-state index contributed by atoms with van der Waals surface area (Å²) in [4.78, 5) is 12.6. The van der Waals surface area contributed by atoms with Crippen LogP contribution in [0, 0.1) is 0 Å². The predicted molar refractivity (Wildman–Crippen MR) is 112 cm³/mol. The smallest absolute Gasteiger partial charge is 0.194 e. The molecule has 1 aliphatic rings. The third-order valence-electron chi connectivity index (χ3n) is 4.16. The molecule has 0 bridgehead atoms. The highest BCUT2D eigenvalue weighted by Crippen LogP contribution is 2.37. The second-order valence-corrected chi connectivity index (χ2v) is 7.09. The summed E-state index contributed by atoms with van der Waals surface area (Å²) < 4.78 is 0. The van der Waals surface area contributed by atoms with Crippen molar-refractivity contribution in [1.29, 1.82) is 0 Å². The van der Waals surface area contributed by atoms with Crippen molar-refractivity contribution in [2.24, 2.45) is 0 Å². The molecule has 3 aromatic carbocycles. The lowest BCUT2D eigenvalue weighted by Gasteiger charge is -2.13. The molecule has 0 atom stereocenters. The van der Waals surface area contributed by atoms with Crippen LogP contribution in [0.15, 0.2) is 60.7 Å². The van der Waals surface area contributed by atoms with Crippen LogP contribution in [0.2, 0.25) is 10.0 Å². The van der Waals surface area contributed by atoms with Gasteiger partial charge in [0.05, 0.1) is 10.7 Å². The number of hydrogen-bond donors (Lipinski definition) is 2. The molecule has 128 valence electrons. The van der Waals surface area contributed by atoms with Gasteiger partial charge >= 0.3 is 0 Å². The maximum absolute atomic E-state index is 12.6. The number of carbonyl (C=O) groups is 1. The van der Waals surface area contributed by atoms with E-state index in [0.29, 0.717) is 26.4 Å². The molecule has 0 aromatic heterocycles. The van der Waals surface area contributed by atoms with Gasteiger partial charge in [0, 0.05) is 21.8 Å². The zero-order valence-corrected chi connectivity index (χ0v) is 15.7. The molecular weight excluding hydrogens is 387 g/mol. The van der Waals surface area contributed by atoms with Crippen molar-refractivity contribution in [2.75, 3.05) is 10.6 Å². The highest BCUT2D eigenvalue weighted by molar-refractivity contribution is 7.80. The van der Waals surface area contributed by atoms with Crippen LogP contribution in [-0.2, 0) is 0 Å². The van der Waals surface area contributed by atoms with Gasteiger partial charge in [0.1, 0.15) is 0 Å². The molecule has 0 radical (unpaired) electrons. The minimum Gasteiger partial charge on any atom is -0.332 e. The molecule has 3 aromatic rings. The van der Waals surface area contributed by atoms with Gasteiger partial charge in [-0.3, -0.25) is 4.79 Å². The standard InChI is InChI=1S/C20H12Cl2N2OS/c21-11-5-8-17(22)18(9-11)24-20(26)23-12-6-7-14-13-3-1-2-4-15(13)19(25)16(14)10-12/h1-10H,(H2,23,24,26). The predicted octanol–water partition coefficient (Wildman–Crippen LogP) is 6.01. The van der Waals surface area contributed by atoms with Crippen LogP contribution in [0.4, 0.5) is 11.4 Å². The Morgan fingerprint density at radius 3 is 2.35 bits per heavy atom. The van der Waals surface area contributed by atoms with Crippen LogP contribution < -0.4 is 10.6 Å². The van der Waals surface area contributed by atoms with Gasteiger partial charge in [-0.05, 0) is 53.7 Å². The fraction of sp³-hybridized carbons (Fsp3) is 0. The SMILES string of the molecule is O=C1c2ccccc2-c2ccc(NC(=S)Nc3cc(Cl)ccc3Cl)cc21. The molecule has 0 saturated carbocycles. The first-order valence-electron chi connectivity index (χ1n) is 7.84. The van der Waals surface area contributed by atoms with Gasteiger partial charge in [-0.15, -0.1) is 0 Å². The molecule has 0 heterocycles. The molecule has 1 aliphatic carbocycles. The Hall–Kier alpha value is -2.40. The van der Waals surface area contributed by atoms with E-state index in [1.54, 1.807) is 18.2 Å². The molecule has 0 fully saturated rings. The zero-order chi connectivity index (χ0) is 18.3. The molecule has 0 saturated heterocycles. The van der Waals surface area contributed by atoms with Crippen molar-refractivity contribution in [2.45, 2.75) is 0 Å². The molecule has 0 amide bonds. The van der Waals surface area contributed by atoms with Crippen molar-refractivity contribution in [1.82, 2.24) is 0 Å². The van der Waals surface area contributed by atoms with E-state index in [9.17, 15) is 4.79 Å². The number of ketones is 1. The average molecular weight is 399 g/mol. The molecule has 2 N–H and O–H groups in total. The van der Waals surface area contributed by atoms with E-state index in [2.05, 4.69) is 10.6 Å². The molecule has 3 nitrogen and oxygen atoms in total. The Kier molecular flexibility index (Phi) is 4.41. The van der Waals surface area contributed by atoms with Gasteiger partial charge in [-0.2, -0.15) is 0 Å². The van der Waals surface area contributed by atoms with Crippen LogP contribution in [-0.4, -0.2) is 10.9 Å². The normalized spacial score (nSPS) is 11.7.